The fraction of sp³-hybridized carbons (Fsp3) is 0.425. The fourth-order valence-corrected chi connectivity index (χ4v) is 19.5. The summed E-state index contributed by atoms with van der Waals surface area (Å²) in [6, 6.07) is 43.7. The Bertz CT molecular complexity index is 4940. The average Bonchev–Trinajstić information content (AvgIpc) is 1.61. The van der Waals surface area contributed by atoms with Crippen LogP contribution in [0.1, 0.15) is 179 Å². The number of benzene rings is 2. The number of rotatable bonds is 12. The summed E-state index contributed by atoms with van der Waals surface area (Å²) in [5.41, 5.74) is 26.0. The van der Waals surface area contributed by atoms with Gasteiger partial charge in [0, 0.05) is 196 Å². The van der Waals surface area contributed by atoms with Gasteiger partial charge in [-0.25, -0.2) is 19.9 Å². The number of hydrogen-bond donors (Lipinski definition) is 0. The Kier molecular flexibility index (Phi) is 19.3. The van der Waals surface area contributed by atoms with E-state index in [0.29, 0.717) is 30.1 Å². The van der Waals surface area contributed by atoms with E-state index in [1.54, 1.807) is 28.6 Å². The van der Waals surface area contributed by atoms with Crippen molar-refractivity contribution in [3.8, 4) is 0 Å². The normalized spacial score (nSPS) is 20.2. The van der Waals surface area contributed by atoms with Gasteiger partial charge < -0.3 is 18.3 Å². The number of halogens is 1. The van der Waals surface area contributed by atoms with Crippen LogP contribution in [-0.2, 0) is 71.1 Å². The van der Waals surface area contributed by atoms with Crippen molar-refractivity contribution in [2.75, 3.05) is 52.4 Å². The quantitative estimate of drug-likeness (QED) is 0.117. The molecule has 5 atom stereocenters. The van der Waals surface area contributed by atoms with Crippen LogP contribution in [0.2, 0.25) is 5.02 Å². The van der Waals surface area contributed by atoms with Gasteiger partial charge in [0.2, 0.25) is 0 Å². The number of aromatic nitrogens is 10. The molecule has 4 saturated heterocycles. The lowest BCUT2D eigenvalue weighted by atomic mass is 9.89. The van der Waals surface area contributed by atoms with E-state index < -0.39 is 0 Å². The lowest BCUT2D eigenvalue weighted by molar-refractivity contribution is 0.138. The standard InChI is InChI=1S/C23H28N4.C22H24ClN3.C22H25N3.C20H22N4/c1-16-13-19-22-20-5-3-4-10-26(20)11-9-21(22)27(23(19)25-14-16)12-8-18-7-6-17(2)24-15-18;1-15(16-6-3-2-4-7-16)14-26-20-9-11-25-10-5-8-19(25)21(20)18-12-17(23)13-24-22(18)26;1-16-14-18-21-19-8-5-11-24(19)12-10-20(21)25(22(18)23-15-16)13-9-17-6-3-2-4-7-17;1-4-15(14-21-9-1)7-13-24-18-8-12-23-11-3-6-17(23)19(18)16-5-2-10-22-20(16)24/h6-7,13-15,20H,3-5,8-12H2,1-2H3;2-4,6-7,12-13,15,19H,5,8-11,14H2,1H3;2-4,6-7,14-15,19H,5,8-13H2,1H3;1-2,4-5,9-10,14,17H,3,6-8,11-13H2. The lowest BCUT2D eigenvalue weighted by Gasteiger charge is -2.39. The van der Waals surface area contributed by atoms with Gasteiger partial charge in [-0.3, -0.25) is 29.6 Å². The third-order valence-corrected chi connectivity index (χ3v) is 24.4. The molecule has 10 aromatic heterocycles. The number of fused-ring (bicyclic) bond motifs is 20. The molecular formula is C87H99ClN14. The minimum Gasteiger partial charge on any atom is -0.329 e. The molecule has 5 unspecified atom stereocenters. The summed E-state index contributed by atoms with van der Waals surface area (Å²) < 4.78 is 9.99. The predicted molar refractivity (Wildman–Crippen MR) is 413 cm³/mol. The summed E-state index contributed by atoms with van der Waals surface area (Å²) in [7, 11) is 0. The topological polar surface area (TPSA) is 110 Å². The second kappa shape index (κ2) is 29.4. The highest BCUT2D eigenvalue weighted by atomic mass is 35.5. The van der Waals surface area contributed by atoms with E-state index in [9.17, 15) is 0 Å². The first kappa shape index (κ1) is 66.8. The van der Waals surface area contributed by atoms with Gasteiger partial charge in [0.15, 0.2) is 0 Å². The minimum atomic E-state index is 0.454. The Hall–Kier alpha value is -8.37. The van der Waals surface area contributed by atoms with Crippen LogP contribution in [0.3, 0.4) is 0 Å². The zero-order valence-corrected chi connectivity index (χ0v) is 61.1. The first-order valence-electron chi connectivity index (χ1n) is 38.6. The van der Waals surface area contributed by atoms with Crippen molar-refractivity contribution >= 4 is 55.7 Å². The summed E-state index contributed by atoms with van der Waals surface area (Å²) in [5.74, 6) is 0.454. The lowest BCUT2D eigenvalue weighted by Crippen LogP contribution is -2.39. The van der Waals surface area contributed by atoms with E-state index in [-0.39, 0.29) is 0 Å². The van der Waals surface area contributed by atoms with Gasteiger partial charge in [0.05, 0.1) is 5.02 Å². The zero-order valence-electron chi connectivity index (χ0n) is 60.3. The third-order valence-electron chi connectivity index (χ3n) is 24.2. The van der Waals surface area contributed by atoms with E-state index in [1.165, 1.54) is 205 Å². The van der Waals surface area contributed by atoms with Crippen LogP contribution >= 0.6 is 11.6 Å². The fourth-order valence-electron chi connectivity index (χ4n) is 19.4. The Morgan fingerprint density at radius 3 is 1.38 bits per heavy atom. The molecule has 18 heterocycles. The number of aryl methyl sites for hydroxylation is 9. The number of piperidine rings is 1. The smallest absolute Gasteiger partial charge is 0.140 e. The summed E-state index contributed by atoms with van der Waals surface area (Å²) in [4.78, 5) is 38.7. The van der Waals surface area contributed by atoms with Gasteiger partial charge in [0.25, 0.3) is 0 Å². The van der Waals surface area contributed by atoms with E-state index in [0.717, 1.165) is 87.5 Å². The van der Waals surface area contributed by atoms with Crippen LogP contribution in [0.4, 0.5) is 0 Å². The van der Waals surface area contributed by atoms with Gasteiger partial charge in [-0.1, -0.05) is 97.7 Å². The molecule has 8 aliphatic rings. The number of pyridine rings is 6. The van der Waals surface area contributed by atoms with Crippen LogP contribution in [-0.4, -0.2) is 120 Å². The maximum absolute atomic E-state index is 6.33. The van der Waals surface area contributed by atoms with Crippen molar-refractivity contribution < 1.29 is 0 Å². The second-order valence-corrected chi connectivity index (χ2v) is 31.0. The first-order valence-corrected chi connectivity index (χ1v) is 39.0. The molecule has 4 fully saturated rings. The molecule has 0 saturated carbocycles. The Balaban J connectivity index is 0.000000101. The first-order chi connectivity index (χ1) is 50.1. The molecule has 20 rings (SSSR count). The summed E-state index contributed by atoms with van der Waals surface area (Å²) in [6.07, 6.45) is 33.1. The highest BCUT2D eigenvalue weighted by Crippen LogP contribution is 2.47. The molecule has 0 radical (unpaired) electrons. The van der Waals surface area contributed by atoms with Crippen LogP contribution in [0.5, 0.6) is 0 Å². The minimum absolute atomic E-state index is 0.454. The van der Waals surface area contributed by atoms with Crippen LogP contribution in [0, 0.1) is 20.8 Å². The van der Waals surface area contributed by atoms with E-state index in [4.69, 9.17) is 31.5 Å². The average molecular weight is 1380 g/mol. The summed E-state index contributed by atoms with van der Waals surface area (Å²) in [6.45, 7) is 22.4. The molecular weight excluding hydrogens is 1280 g/mol. The molecule has 0 amide bonds. The van der Waals surface area contributed by atoms with Crippen LogP contribution in [0.25, 0.3) is 44.1 Å². The molecule has 14 nitrogen and oxygen atoms in total. The Morgan fingerprint density at radius 2 is 0.843 bits per heavy atom. The van der Waals surface area contributed by atoms with Crippen molar-refractivity contribution in [3.63, 3.8) is 0 Å². The monoisotopic (exact) mass is 1370 g/mol. The molecule has 102 heavy (non-hydrogen) atoms. The largest absolute Gasteiger partial charge is 0.329 e. The van der Waals surface area contributed by atoms with Crippen LogP contribution in [0.15, 0.2) is 159 Å². The van der Waals surface area contributed by atoms with Crippen molar-refractivity contribution in [1.29, 1.82) is 0 Å². The van der Waals surface area contributed by atoms with Gasteiger partial charge in [-0.15, -0.1) is 0 Å². The zero-order chi connectivity index (χ0) is 68.8. The predicted octanol–water partition coefficient (Wildman–Crippen LogP) is 17.2. The molecule has 12 aromatic rings. The highest BCUT2D eigenvalue weighted by molar-refractivity contribution is 6.31. The SMILES string of the molecule is CC(Cn1c2c(c3cc(Cl)cnc31)C1CCCN1CC2)c1ccccc1.Cc1cnc2c(c1)c1c(n2CCc2ccc(C)nc2)CCN2CCCCC12.Cc1cnc2c(c1)c1c(n2CCc2ccccc2)CCN2CCCC12.c1cncc(CCn2c3c(c4cccnc42)C2CCCN2CC3)c1. The molecule has 2 aromatic carbocycles. The maximum atomic E-state index is 6.33. The van der Waals surface area contributed by atoms with Crippen molar-refractivity contribution in [1.82, 2.24) is 67.8 Å². The third kappa shape index (κ3) is 13.1. The Morgan fingerprint density at radius 1 is 0.392 bits per heavy atom. The number of nitrogens with zero attached hydrogens (tertiary/aromatic N) is 14. The molecule has 8 aliphatic heterocycles. The molecule has 0 spiro atoms. The highest BCUT2D eigenvalue weighted by Gasteiger charge is 2.40. The van der Waals surface area contributed by atoms with Crippen molar-refractivity contribution in [2.24, 2.45) is 0 Å². The van der Waals surface area contributed by atoms with Gasteiger partial charge in [-0.2, -0.15) is 0 Å². The van der Waals surface area contributed by atoms with Gasteiger partial charge in [0.1, 0.15) is 22.6 Å². The summed E-state index contributed by atoms with van der Waals surface area (Å²) >= 11 is 6.33. The van der Waals surface area contributed by atoms with Crippen molar-refractivity contribution in [2.45, 2.75) is 187 Å². The van der Waals surface area contributed by atoms with E-state index >= 15 is 0 Å². The van der Waals surface area contributed by atoms with Gasteiger partial charge in [-0.05, 0) is 222 Å². The van der Waals surface area contributed by atoms with Gasteiger partial charge >= 0.3 is 0 Å². The molecule has 0 bridgehead atoms. The van der Waals surface area contributed by atoms with E-state index in [2.05, 4.69) is 178 Å². The molecule has 524 valence electrons. The second-order valence-electron chi connectivity index (χ2n) is 30.5. The molecule has 0 N–H and O–H groups in total. The van der Waals surface area contributed by atoms with E-state index in [1.807, 2.05) is 50.2 Å². The maximum Gasteiger partial charge on any atom is 0.140 e. The summed E-state index contributed by atoms with van der Waals surface area (Å²) in [5, 5.41) is 6.17. The Labute approximate surface area is 606 Å². The molecule has 0 aliphatic carbocycles. The number of hydrogen-bond acceptors (Lipinski definition) is 10. The van der Waals surface area contributed by atoms with Crippen molar-refractivity contribution in [3.05, 3.63) is 248 Å². The molecule has 15 heteroatoms. The van der Waals surface area contributed by atoms with Crippen LogP contribution < -0.4 is 0 Å².